The molecule has 0 aromatic rings. The molecule has 0 rings (SSSR count). The van der Waals surface area contributed by atoms with Gasteiger partial charge in [-0.1, -0.05) is 33.1 Å². The number of hydrogen-bond acceptors (Lipinski definition) is 0. The highest BCUT2D eigenvalue weighted by Crippen LogP contribution is 2.11. The summed E-state index contributed by atoms with van der Waals surface area (Å²) in [5.41, 5.74) is 0. The van der Waals surface area contributed by atoms with Gasteiger partial charge in [-0.05, 0) is 19.3 Å². The quantitative estimate of drug-likeness (QED) is 0.426. The lowest BCUT2D eigenvalue weighted by Gasteiger charge is -2.04. The smallest absolute Gasteiger partial charge is 0.0307 e. The van der Waals surface area contributed by atoms with Crippen LogP contribution in [0.3, 0.4) is 0 Å². The Kier molecular flexibility index (Phi) is 6.20. The van der Waals surface area contributed by atoms with E-state index in [1.54, 1.807) is 0 Å². The zero-order valence-corrected chi connectivity index (χ0v) is 8.12. The fraction of sp³-hybridized carbons (Fsp3) is 1.00. The van der Waals surface area contributed by atoms with Crippen LogP contribution >= 0.6 is 11.6 Å². The topological polar surface area (TPSA) is 0 Å². The molecule has 0 aromatic carbocycles. The van der Waals surface area contributed by atoms with Crippen molar-refractivity contribution in [1.82, 2.24) is 0 Å². The van der Waals surface area contributed by atoms with Crippen molar-refractivity contribution in [2.24, 2.45) is 5.92 Å². The molecule has 0 saturated carbocycles. The Bertz CT molecular complexity index is 57.1. The molecule has 0 fully saturated rings. The molecule has 1 heteroatoms. The van der Waals surface area contributed by atoms with Gasteiger partial charge < -0.3 is 0 Å². The predicted octanol–water partition coefficient (Wildman–Crippen LogP) is 3.83. The van der Waals surface area contributed by atoms with Crippen LogP contribution in [-0.2, 0) is 0 Å². The van der Waals surface area contributed by atoms with Crippen LogP contribution in [-0.4, -0.2) is 5.38 Å². The first-order chi connectivity index (χ1) is 4.63. The summed E-state index contributed by atoms with van der Waals surface area (Å²) in [5, 5.41) is 0.368. The van der Waals surface area contributed by atoms with Crippen LogP contribution in [0.4, 0.5) is 0 Å². The molecule has 0 aliphatic heterocycles. The Labute approximate surface area is 70.0 Å². The molecule has 0 amide bonds. The van der Waals surface area contributed by atoms with Crippen LogP contribution in [0.2, 0.25) is 0 Å². The summed E-state index contributed by atoms with van der Waals surface area (Å²) >= 11 is 5.79. The van der Waals surface area contributed by atoms with Crippen molar-refractivity contribution in [2.45, 2.75) is 51.8 Å². The number of alkyl halides is 1. The highest BCUT2D eigenvalue weighted by atomic mass is 35.5. The second-order valence-electron chi connectivity index (χ2n) is 3.46. The van der Waals surface area contributed by atoms with Gasteiger partial charge in [-0.25, -0.2) is 0 Å². The van der Waals surface area contributed by atoms with E-state index in [9.17, 15) is 0 Å². The van der Waals surface area contributed by atoms with Gasteiger partial charge in [-0.15, -0.1) is 11.6 Å². The number of halogens is 1. The summed E-state index contributed by atoms with van der Waals surface area (Å²) in [7, 11) is 0. The summed E-state index contributed by atoms with van der Waals surface area (Å²) in [5.74, 6) is 0.852. The molecule has 10 heavy (non-hydrogen) atoms. The zero-order valence-electron chi connectivity index (χ0n) is 7.36. The molecule has 0 N–H and O–H groups in total. The molecule has 0 heterocycles. The van der Waals surface area contributed by atoms with E-state index in [1.165, 1.54) is 25.7 Å². The van der Waals surface area contributed by atoms with Gasteiger partial charge in [-0.2, -0.15) is 0 Å². The normalized spacial score (nSPS) is 14.1. The van der Waals surface area contributed by atoms with E-state index < -0.39 is 0 Å². The average Bonchev–Trinajstić information content (AvgIpc) is 1.79. The van der Waals surface area contributed by atoms with E-state index in [-0.39, 0.29) is 0 Å². The molecule has 1 atom stereocenters. The molecule has 62 valence electrons. The summed E-state index contributed by atoms with van der Waals surface area (Å²) in [4.78, 5) is 0. The Balaban J connectivity index is 2.91. The molecule has 0 aliphatic carbocycles. The molecule has 0 bridgehead atoms. The molecule has 0 spiro atoms. The Hall–Kier alpha value is 0.290. The third kappa shape index (κ3) is 8.29. The van der Waals surface area contributed by atoms with Gasteiger partial charge in [0, 0.05) is 5.38 Å². The van der Waals surface area contributed by atoms with Crippen molar-refractivity contribution in [2.75, 3.05) is 0 Å². The predicted molar refractivity (Wildman–Crippen MR) is 48.6 cm³/mol. The molecule has 0 radical (unpaired) electrons. The second-order valence-corrected chi connectivity index (χ2v) is 4.20. The minimum absolute atomic E-state index is 0.368. The molecule has 1 unspecified atom stereocenters. The standard InChI is InChI=1S/C9H19Cl/c1-8(2)6-4-5-7-9(3)10/h8-9H,4-7H2,1-3H3. The Morgan fingerprint density at radius 2 is 1.50 bits per heavy atom. The van der Waals surface area contributed by atoms with Crippen LogP contribution in [0.1, 0.15) is 46.5 Å². The third-order valence-electron chi connectivity index (χ3n) is 1.63. The first kappa shape index (κ1) is 10.3. The number of rotatable bonds is 5. The van der Waals surface area contributed by atoms with Crippen molar-refractivity contribution >= 4 is 11.6 Å². The van der Waals surface area contributed by atoms with E-state index in [2.05, 4.69) is 20.8 Å². The van der Waals surface area contributed by atoms with Crippen molar-refractivity contribution in [1.29, 1.82) is 0 Å². The fourth-order valence-electron chi connectivity index (χ4n) is 0.978. The fourth-order valence-corrected chi connectivity index (χ4v) is 1.13. The van der Waals surface area contributed by atoms with E-state index in [1.807, 2.05) is 0 Å². The first-order valence-corrected chi connectivity index (χ1v) is 4.70. The van der Waals surface area contributed by atoms with Crippen molar-refractivity contribution < 1.29 is 0 Å². The van der Waals surface area contributed by atoms with Gasteiger partial charge in [-0.3, -0.25) is 0 Å². The van der Waals surface area contributed by atoms with Crippen molar-refractivity contribution in [3.8, 4) is 0 Å². The van der Waals surface area contributed by atoms with Gasteiger partial charge in [0.05, 0.1) is 0 Å². The molecule has 0 nitrogen and oxygen atoms in total. The van der Waals surface area contributed by atoms with Gasteiger partial charge >= 0.3 is 0 Å². The molecule has 0 aliphatic rings. The first-order valence-electron chi connectivity index (χ1n) is 4.27. The monoisotopic (exact) mass is 162 g/mol. The van der Waals surface area contributed by atoms with Gasteiger partial charge in [0.2, 0.25) is 0 Å². The minimum atomic E-state index is 0.368. The number of unbranched alkanes of at least 4 members (excludes halogenated alkanes) is 1. The zero-order chi connectivity index (χ0) is 7.98. The van der Waals surface area contributed by atoms with E-state index in [0.29, 0.717) is 5.38 Å². The second kappa shape index (κ2) is 6.03. The lowest BCUT2D eigenvalue weighted by molar-refractivity contribution is 0.526. The van der Waals surface area contributed by atoms with Crippen LogP contribution in [0.25, 0.3) is 0 Å². The van der Waals surface area contributed by atoms with E-state index in [0.717, 1.165) is 5.92 Å². The molecular weight excluding hydrogens is 144 g/mol. The average molecular weight is 163 g/mol. The molecule has 0 aromatic heterocycles. The summed E-state index contributed by atoms with van der Waals surface area (Å²) in [6.07, 6.45) is 5.16. The highest BCUT2D eigenvalue weighted by Gasteiger charge is 1.97. The highest BCUT2D eigenvalue weighted by molar-refractivity contribution is 6.20. The lowest BCUT2D eigenvalue weighted by atomic mass is 10.0. The molecule has 0 saturated heterocycles. The van der Waals surface area contributed by atoms with Crippen LogP contribution in [0, 0.1) is 5.92 Å². The lowest BCUT2D eigenvalue weighted by Crippen LogP contribution is -1.92. The third-order valence-corrected chi connectivity index (χ3v) is 1.85. The summed E-state index contributed by atoms with van der Waals surface area (Å²) in [6, 6.07) is 0. The summed E-state index contributed by atoms with van der Waals surface area (Å²) in [6.45, 7) is 6.60. The summed E-state index contributed by atoms with van der Waals surface area (Å²) < 4.78 is 0. The van der Waals surface area contributed by atoms with Gasteiger partial charge in [0.15, 0.2) is 0 Å². The van der Waals surface area contributed by atoms with Gasteiger partial charge in [0.25, 0.3) is 0 Å². The Morgan fingerprint density at radius 3 is 1.90 bits per heavy atom. The van der Waals surface area contributed by atoms with Crippen LogP contribution in [0.15, 0.2) is 0 Å². The van der Waals surface area contributed by atoms with Crippen molar-refractivity contribution in [3.05, 3.63) is 0 Å². The van der Waals surface area contributed by atoms with Crippen LogP contribution in [0.5, 0.6) is 0 Å². The van der Waals surface area contributed by atoms with E-state index in [4.69, 9.17) is 11.6 Å². The Morgan fingerprint density at radius 1 is 1.00 bits per heavy atom. The maximum absolute atomic E-state index is 5.79. The SMILES string of the molecule is CC(C)CCCCC(C)Cl. The number of hydrogen-bond donors (Lipinski definition) is 0. The molecular formula is C9H19Cl. The van der Waals surface area contributed by atoms with E-state index >= 15 is 0 Å². The largest absolute Gasteiger partial charge is 0.123 e. The maximum Gasteiger partial charge on any atom is 0.0307 e. The maximum atomic E-state index is 5.79. The van der Waals surface area contributed by atoms with Crippen LogP contribution < -0.4 is 0 Å². The van der Waals surface area contributed by atoms with Gasteiger partial charge in [0.1, 0.15) is 0 Å². The van der Waals surface area contributed by atoms with Crippen molar-refractivity contribution in [3.63, 3.8) is 0 Å². The minimum Gasteiger partial charge on any atom is -0.123 e.